The van der Waals surface area contributed by atoms with Crippen LogP contribution in [-0.4, -0.2) is 66.5 Å². The molecule has 10 heteroatoms. The van der Waals surface area contributed by atoms with E-state index < -0.39 is 6.36 Å². The molecule has 2 N–H and O–H groups in total. The quantitative estimate of drug-likeness (QED) is 0.711. The summed E-state index contributed by atoms with van der Waals surface area (Å²) >= 11 is 5.33. The molecule has 27 heavy (non-hydrogen) atoms. The van der Waals surface area contributed by atoms with Crippen molar-refractivity contribution in [3.8, 4) is 5.75 Å². The molecule has 0 aromatic heterocycles. The summed E-state index contributed by atoms with van der Waals surface area (Å²) in [4.78, 5) is 16.2. The fourth-order valence-electron chi connectivity index (χ4n) is 2.60. The Morgan fingerprint density at radius 1 is 1.19 bits per heavy atom. The van der Waals surface area contributed by atoms with Crippen LogP contribution in [0.3, 0.4) is 0 Å². The van der Waals surface area contributed by atoms with Crippen LogP contribution in [0.15, 0.2) is 24.3 Å². The Morgan fingerprint density at radius 2 is 1.81 bits per heavy atom. The highest BCUT2D eigenvalue weighted by Crippen LogP contribution is 2.23. The number of carbonyl (C=O) groups excluding carboxylic acids is 1. The van der Waals surface area contributed by atoms with E-state index in [1.807, 2.05) is 4.90 Å². The zero-order valence-electron chi connectivity index (χ0n) is 15.0. The SMILES string of the molecule is CCCNC(=S)N1CCN(CC(=O)Nc2ccc(OC(F)(F)F)cc2)CC1. The normalized spacial score (nSPS) is 15.3. The van der Waals surface area contributed by atoms with Gasteiger partial charge in [-0.3, -0.25) is 9.69 Å². The van der Waals surface area contributed by atoms with Gasteiger partial charge in [-0.25, -0.2) is 0 Å². The van der Waals surface area contributed by atoms with Gasteiger partial charge in [-0.15, -0.1) is 13.2 Å². The number of halogens is 3. The Kier molecular flexibility index (Phi) is 7.66. The maximum atomic E-state index is 12.1. The number of nitrogens with zero attached hydrogens (tertiary/aromatic N) is 2. The number of rotatable bonds is 6. The minimum absolute atomic E-state index is 0.212. The van der Waals surface area contributed by atoms with E-state index in [4.69, 9.17) is 12.2 Å². The second-order valence-electron chi connectivity index (χ2n) is 6.12. The van der Waals surface area contributed by atoms with E-state index in [0.29, 0.717) is 18.8 Å². The Hall–Kier alpha value is -2.07. The highest BCUT2D eigenvalue weighted by molar-refractivity contribution is 7.80. The van der Waals surface area contributed by atoms with Gasteiger partial charge in [-0.1, -0.05) is 6.92 Å². The molecule has 1 aromatic rings. The van der Waals surface area contributed by atoms with Crippen molar-refractivity contribution in [1.82, 2.24) is 15.1 Å². The smallest absolute Gasteiger partial charge is 0.406 e. The van der Waals surface area contributed by atoms with E-state index in [1.165, 1.54) is 12.1 Å². The summed E-state index contributed by atoms with van der Waals surface area (Å²) in [5.41, 5.74) is 0.415. The number of carbonyl (C=O) groups is 1. The molecule has 0 bridgehead atoms. The zero-order chi connectivity index (χ0) is 19.9. The van der Waals surface area contributed by atoms with Crippen LogP contribution in [0.4, 0.5) is 18.9 Å². The molecule has 2 rings (SSSR count). The van der Waals surface area contributed by atoms with Crippen molar-refractivity contribution in [2.24, 2.45) is 0 Å². The number of thiocarbonyl (C=S) groups is 1. The number of anilines is 1. The molecule has 0 radical (unpaired) electrons. The van der Waals surface area contributed by atoms with Crippen LogP contribution in [0.5, 0.6) is 5.75 Å². The molecule has 1 aliphatic rings. The number of hydrogen-bond donors (Lipinski definition) is 2. The van der Waals surface area contributed by atoms with Gasteiger partial charge in [0.15, 0.2) is 5.11 Å². The number of nitrogens with one attached hydrogen (secondary N) is 2. The van der Waals surface area contributed by atoms with Crippen molar-refractivity contribution in [3.63, 3.8) is 0 Å². The van der Waals surface area contributed by atoms with Crippen LogP contribution in [-0.2, 0) is 4.79 Å². The zero-order valence-corrected chi connectivity index (χ0v) is 15.8. The highest BCUT2D eigenvalue weighted by atomic mass is 32.1. The molecular weight excluding hydrogens is 381 g/mol. The third kappa shape index (κ3) is 7.59. The van der Waals surface area contributed by atoms with Gasteiger partial charge in [-0.2, -0.15) is 0 Å². The fraction of sp³-hybridized carbons (Fsp3) is 0.529. The Labute approximate surface area is 161 Å². The van der Waals surface area contributed by atoms with E-state index in [9.17, 15) is 18.0 Å². The number of amides is 1. The molecule has 1 fully saturated rings. The van der Waals surface area contributed by atoms with Gasteiger partial charge >= 0.3 is 6.36 Å². The highest BCUT2D eigenvalue weighted by Gasteiger charge is 2.31. The molecule has 150 valence electrons. The summed E-state index contributed by atoms with van der Waals surface area (Å²) < 4.78 is 40.2. The predicted octanol–water partition coefficient (Wildman–Crippen LogP) is 2.43. The first-order valence-electron chi connectivity index (χ1n) is 8.67. The molecule has 0 spiro atoms. The molecule has 0 unspecified atom stereocenters. The summed E-state index contributed by atoms with van der Waals surface area (Å²) in [5, 5.41) is 6.60. The number of hydrogen-bond acceptors (Lipinski definition) is 4. The molecule has 0 aliphatic carbocycles. The van der Waals surface area contributed by atoms with Gasteiger partial charge in [0, 0.05) is 38.4 Å². The van der Waals surface area contributed by atoms with Crippen LogP contribution < -0.4 is 15.4 Å². The second kappa shape index (κ2) is 9.75. The van der Waals surface area contributed by atoms with E-state index >= 15 is 0 Å². The van der Waals surface area contributed by atoms with Crippen molar-refractivity contribution in [2.75, 3.05) is 44.6 Å². The first kappa shape index (κ1) is 21.2. The number of ether oxygens (including phenoxy) is 1. The van der Waals surface area contributed by atoms with E-state index in [-0.39, 0.29) is 18.2 Å². The molecule has 1 aromatic carbocycles. The molecule has 1 heterocycles. The maximum absolute atomic E-state index is 12.1. The summed E-state index contributed by atoms with van der Waals surface area (Å²) in [6.45, 7) is 6.03. The van der Waals surface area contributed by atoms with Gasteiger partial charge < -0.3 is 20.3 Å². The van der Waals surface area contributed by atoms with Gasteiger partial charge in [0.25, 0.3) is 0 Å². The standard InChI is InChI=1S/C17H23F3N4O2S/c1-2-7-21-16(27)24-10-8-23(9-11-24)12-15(25)22-13-3-5-14(6-4-13)26-17(18,19)20/h3-6H,2,7-12H2,1H3,(H,21,27)(H,22,25). The molecule has 6 nitrogen and oxygen atoms in total. The van der Waals surface area contributed by atoms with Gasteiger partial charge in [-0.05, 0) is 42.9 Å². The first-order chi connectivity index (χ1) is 12.8. The molecule has 1 amide bonds. The minimum atomic E-state index is -4.73. The summed E-state index contributed by atoms with van der Waals surface area (Å²) in [6, 6.07) is 5.06. The predicted molar refractivity (Wildman–Crippen MR) is 101 cm³/mol. The van der Waals surface area contributed by atoms with Crippen LogP contribution in [0.2, 0.25) is 0 Å². The molecule has 1 aliphatic heterocycles. The first-order valence-corrected chi connectivity index (χ1v) is 9.08. The van der Waals surface area contributed by atoms with Crippen LogP contribution in [0, 0.1) is 0 Å². The van der Waals surface area contributed by atoms with Crippen LogP contribution >= 0.6 is 12.2 Å². The molecule has 0 saturated carbocycles. The Morgan fingerprint density at radius 3 is 2.37 bits per heavy atom. The maximum Gasteiger partial charge on any atom is 0.573 e. The van der Waals surface area contributed by atoms with E-state index in [2.05, 4.69) is 27.2 Å². The summed E-state index contributed by atoms with van der Waals surface area (Å²) in [5.74, 6) is -0.552. The molecular formula is C17H23F3N4O2S. The van der Waals surface area contributed by atoms with Crippen molar-refractivity contribution in [2.45, 2.75) is 19.7 Å². The summed E-state index contributed by atoms with van der Waals surface area (Å²) in [6.07, 6.45) is -3.73. The van der Waals surface area contributed by atoms with E-state index in [0.717, 1.165) is 43.3 Å². The lowest BCUT2D eigenvalue weighted by molar-refractivity contribution is -0.274. The Balaban J connectivity index is 1.74. The lowest BCUT2D eigenvalue weighted by atomic mass is 10.3. The van der Waals surface area contributed by atoms with E-state index in [1.54, 1.807) is 0 Å². The minimum Gasteiger partial charge on any atom is -0.406 e. The average Bonchev–Trinajstić information content (AvgIpc) is 2.60. The summed E-state index contributed by atoms with van der Waals surface area (Å²) in [7, 11) is 0. The lowest BCUT2D eigenvalue weighted by Crippen LogP contribution is -2.53. The lowest BCUT2D eigenvalue weighted by Gasteiger charge is -2.35. The number of piperazine rings is 1. The second-order valence-corrected chi connectivity index (χ2v) is 6.50. The van der Waals surface area contributed by atoms with Crippen molar-refractivity contribution >= 4 is 28.9 Å². The Bertz CT molecular complexity index is 632. The van der Waals surface area contributed by atoms with Crippen LogP contribution in [0.1, 0.15) is 13.3 Å². The largest absolute Gasteiger partial charge is 0.573 e. The third-order valence-corrected chi connectivity index (χ3v) is 4.33. The third-order valence-electron chi connectivity index (χ3n) is 3.92. The topological polar surface area (TPSA) is 56.8 Å². The molecule has 0 atom stereocenters. The fourth-order valence-corrected chi connectivity index (χ4v) is 2.88. The monoisotopic (exact) mass is 404 g/mol. The molecule has 1 saturated heterocycles. The van der Waals surface area contributed by atoms with Gasteiger partial charge in [0.1, 0.15) is 5.75 Å². The van der Waals surface area contributed by atoms with Crippen molar-refractivity contribution in [1.29, 1.82) is 0 Å². The van der Waals surface area contributed by atoms with Crippen LogP contribution in [0.25, 0.3) is 0 Å². The number of alkyl halides is 3. The van der Waals surface area contributed by atoms with Crippen molar-refractivity contribution < 1.29 is 22.7 Å². The van der Waals surface area contributed by atoms with Gasteiger partial charge in [0.2, 0.25) is 5.91 Å². The van der Waals surface area contributed by atoms with Gasteiger partial charge in [0.05, 0.1) is 6.54 Å². The van der Waals surface area contributed by atoms with Crippen molar-refractivity contribution in [3.05, 3.63) is 24.3 Å². The average molecular weight is 404 g/mol. The number of benzene rings is 1.